The van der Waals surface area contributed by atoms with Crippen molar-refractivity contribution in [2.45, 2.75) is 39.1 Å². The summed E-state index contributed by atoms with van der Waals surface area (Å²) in [4.78, 5) is 4.45. The Labute approximate surface area is 102 Å². The maximum absolute atomic E-state index is 9.11. The highest BCUT2D eigenvalue weighted by Crippen LogP contribution is 2.25. The van der Waals surface area contributed by atoms with E-state index < -0.39 is 0 Å². The normalized spacial score (nSPS) is 12.2. The van der Waals surface area contributed by atoms with Crippen LogP contribution in [0.15, 0.2) is 11.1 Å². The third kappa shape index (κ3) is 3.24. The monoisotopic (exact) mass is 234 g/mol. The van der Waals surface area contributed by atoms with Gasteiger partial charge in [0.2, 0.25) is 0 Å². The standard InChI is InChI=1S/C13H18N2S/c1-5-9(2)8-16-13-12(7-14)10(3)6-11(4)15-13/h6,9H,5,8H2,1-4H3. The summed E-state index contributed by atoms with van der Waals surface area (Å²) >= 11 is 1.70. The van der Waals surface area contributed by atoms with Crippen molar-refractivity contribution in [3.63, 3.8) is 0 Å². The Morgan fingerprint density at radius 1 is 1.50 bits per heavy atom. The first-order valence-corrected chi connectivity index (χ1v) is 6.58. The lowest BCUT2D eigenvalue weighted by Gasteiger charge is -2.10. The molecule has 0 aliphatic rings. The van der Waals surface area contributed by atoms with Gasteiger partial charge in [0.25, 0.3) is 0 Å². The number of thioether (sulfide) groups is 1. The first-order valence-electron chi connectivity index (χ1n) is 5.59. The van der Waals surface area contributed by atoms with Gasteiger partial charge >= 0.3 is 0 Å². The molecule has 3 heteroatoms. The fraction of sp³-hybridized carbons (Fsp3) is 0.538. The minimum Gasteiger partial charge on any atom is -0.245 e. The highest BCUT2D eigenvalue weighted by atomic mass is 32.2. The van der Waals surface area contributed by atoms with Gasteiger partial charge in [0.15, 0.2) is 0 Å². The second kappa shape index (κ2) is 5.91. The maximum atomic E-state index is 9.11. The Bertz CT molecular complexity index is 407. The molecule has 2 nitrogen and oxygen atoms in total. The molecule has 0 saturated heterocycles. The molecule has 1 aromatic heterocycles. The molecular weight excluding hydrogens is 216 g/mol. The van der Waals surface area contributed by atoms with Gasteiger partial charge in [-0.3, -0.25) is 0 Å². The summed E-state index contributed by atoms with van der Waals surface area (Å²) in [5, 5.41) is 10.00. The minimum atomic E-state index is 0.666. The Kier molecular flexibility index (Phi) is 4.82. The molecule has 86 valence electrons. The largest absolute Gasteiger partial charge is 0.245 e. The van der Waals surface area contributed by atoms with Gasteiger partial charge < -0.3 is 0 Å². The van der Waals surface area contributed by atoms with Gasteiger partial charge in [0.05, 0.1) is 5.56 Å². The van der Waals surface area contributed by atoms with Crippen LogP contribution in [0.1, 0.15) is 37.1 Å². The van der Waals surface area contributed by atoms with E-state index in [0.29, 0.717) is 5.92 Å². The number of nitriles is 1. The summed E-state index contributed by atoms with van der Waals surface area (Å²) in [6, 6.07) is 4.21. The molecule has 1 atom stereocenters. The summed E-state index contributed by atoms with van der Waals surface area (Å²) in [5.74, 6) is 1.69. The van der Waals surface area contributed by atoms with Crippen molar-refractivity contribution in [1.82, 2.24) is 4.98 Å². The van der Waals surface area contributed by atoms with Gasteiger partial charge in [-0.15, -0.1) is 11.8 Å². The summed E-state index contributed by atoms with van der Waals surface area (Å²) in [5.41, 5.74) is 2.75. The van der Waals surface area contributed by atoms with Crippen LogP contribution in [-0.2, 0) is 0 Å². The topological polar surface area (TPSA) is 36.7 Å². The van der Waals surface area contributed by atoms with Crippen molar-refractivity contribution in [3.8, 4) is 6.07 Å². The lowest BCUT2D eigenvalue weighted by molar-refractivity contribution is 0.636. The average molecular weight is 234 g/mol. The van der Waals surface area contributed by atoms with E-state index in [-0.39, 0.29) is 0 Å². The fourth-order valence-electron chi connectivity index (χ4n) is 1.38. The van der Waals surface area contributed by atoms with E-state index in [1.165, 1.54) is 6.42 Å². The molecule has 1 heterocycles. The number of hydrogen-bond donors (Lipinski definition) is 0. The number of rotatable bonds is 4. The molecule has 0 spiro atoms. The summed E-state index contributed by atoms with van der Waals surface area (Å²) in [6.45, 7) is 8.36. The molecule has 0 aliphatic carbocycles. The smallest absolute Gasteiger partial charge is 0.114 e. The van der Waals surface area contributed by atoms with Crippen molar-refractivity contribution in [2.24, 2.45) is 5.92 Å². The fourth-order valence-corrected chi connectivity index (χ4v) is 2.62. The molecule has 1 rings (SSSR count). The van der Waals surface area contributed by atoms with E-state index in [4.69, 9.17) is 5.26 Å². The van der Waals surface area contributed by atoms with Crippen molar-refractivity contribution < 1.29 is 0 Å². The van der Waals surface area contributed by atoms with Crippen molar-refractivity contribution in [1.29, 1.82) is 5.26 Å². The predicted molar refractivity (Wildman–Crippen MR) is 68.6 cm³/mol. The van der Waals surface area contributed by atoms with E-state index in [1.807, 2.05) is 19.9 Å². The van der Waals surface area contributed by atoms with E-state index in [0.717, 1.165) is 27.6 Å². The summed E-state index contributed by atoms with van der Waals surface area (Å²) < 4.78 is 0. The van der Waals surface area contributed by atoms with Gasteiger partial charge in [-0.25, -0.2) is 4.98 Å². The van der Waals surface area contributed by atoms with E-state index in [2.05, 4.69) is 24.9 Å². The summed E-state index contributed by atoms with van der Waals surface area (Å²) in [6.07, 6.45) is 1.17. The van der Waals surface area contributed by atoms with Gasteiger partial charge in [0.1, 0.15) is 11.1 Å². The SMILES string of the molecule is CCC(C)CSc1nc(C)cc(C)c1C#N. The zero-order chi connectivity index (χ0) is 12.1. The van der Waals surface area contributed by atoms with Crippen molar-refractivity contribution in [2.75, 3.05) is 5.75 Å². The van der Waals surface area contributed by atoms with Crippen LogP contribution in [0, 0.1) is 31.1 Å². The zero-order valence-electron chi connectivity index (χ0n) is 10.4. The van der Waals surface area contributed by atoms with E-state index >= 15 is 0 Å². The van der Waals surface area contributed by atoms with Crippen LogP contribution in [0.2, 0.25) is 0 Å². The molecule has 0 aromatic carbocycles. The van der Waals surface area contributed by atoms with Crippen LogP contribution in [0.4, 0.5) is 0 Å². The second-order valence-electron chi connectivity index (χ2n) is 4.20. The Balaban J connectivity index is 2.91. The number of aryl methyl sites for hydroxylation is 2. The van der Waals surface area contributed by atoms with Crippen LogP contribution in [0.5, 0.6) is 0 Å². The Morgan fingerprint density at radius 3 is 2.75 bits per heavy atom. The van der Waals surface area contributed by atoms with E-state index in [9.17, 15) is 0 Å². The number of nitrogens with zero attached hydrogens (tertiary/aromatic N) is 2. The molecule has 0 N–H and O–H groups in total. The molecular formula is C13H18N2S. The third-order valence-electron chi connectivity index (χ3n) is 2.62. The molecule has 1 aromatic rings. The van der Waals surface area contributed by atoms with Crippen LogP contribution < -0.4 is 0 Å². The molecule has 0 saturated carbocycles. The predicted octanol–water partition coefficient (Wildman–Crippen LogP) is 3.71. The first kappa shape index (κ1) is 13.1. The van der Waals surface area contributed by atoms with Crippen LogP contribution in [0.25, 0.3) is 0 Å². The van der Waals surface area contributed by atoms with Crippen molar-refractivity contribution >= 4 is 11.8 Å². The number of pyridine rings is 1. The molecule has 16 heavy (non-hydrogen) atoms. The van der Waals surface area contributed by atoms with Gasteiger partial charge in [0, 0.05) is 11.4 Å². The van der Waals surface area contributed by atoms with E-state index in [1.54, 1.807) is 11.8 Å². The Hall–Kier alpha value is -1.01. The molecule has 0 amide bonds. The average Bonchev–Trinajstić information content (AvgIpc) is 2.25. The minimum absolute atomic E-state index is 0.666. The van der Waals surface area contributed by atoms with Crippen molar-refractivity contribution in [3.05, 3.63) is 22.9 Å². The number of aromatic nitrogens is 1. The highest BCUT2D eigenvalue weighted by Gasteiger charge is 2.10. The van der Waals surface area contributed by atoms with Gasteiger partial charge in [-0.1, -0.05) is 20.3 Å². The first-order chi connectivity index (χ1) is 7.58. The molecule has 0 bridgehead atoms. The second-order valence-corrected chi connectivity index (χ2v) is 5.21. The quantitative estimate of drug-likeness (QED) is 0.745. The lowest BCUT2D eigenvalue weighted by Crippen LogP contribution is -1.99. The highest BCUT2D eigenvalue weighted by molar-refractivity contribution is 7.99. The van der Waals surface area contributed by atoms with Gasteiger partial charge in [-0.2, -0.15) is 5.26 Å². The molecule has 1 unspecified atom stereocenters. The number of hydrogen-bond acceptors (Lipinski definition) is 3. The van der Waals surface area contributed by atoms with Crippen LogP contribution in [0.3, 0.4) is 0 Å². The lowest BCUT2D eigenvalue weighted by atomic mass is 10.1. The molecule has 0 aliphatic heterocycles. The van der Waals surface area contributed by atoms with Crippen LogP contribution >= 0.6 is 11.8 Å². The zero-order valence-corrected chi connectivity index (χ0v) is 11.2. The molecule has 0 fully saturated rings. The Morgan fingerprint density at radius 2 is 2.19 bits per heavy atom. The van der Waals surface area contributed by atoms with Gasteiger partial charge in [-0.05, 0) is 31.4 Å². The van der Waals surface area contributed by atoms with Crippen LogP contribution in [-0.4, -0.2) is 10.7 Å². The molecule has 0 radical (unpaired) electrons. The maximum Gasteiger partial charge on any atom is 0.114 e. The third-order valence-corrected chi connectivity index (χ3v) is 3.93. The summed E-state index contributed by atoms with van der Waals surface area (Å²) in [7, 11) is 0.